The van der Waals surface area contributed by atoms with Gasteiger partial charge in [-0.05, 0) is 44.7 Å². The maximum Gasteiger partial charge on any atom is 0.248 e. The number of nitrogens with one attached hydrogen (secondary N) is 1. The number of ether oxygens (including phenoxy) is 1. The molecule has 5 nitrogen and oxygen atoms in total. The van der Waals surface area contributed by atoms with Crippen LogP contribution in [0.2, 0.25) is 0 Å². The number of hydrogen-bond acceptors (Lipinski definition) is 4. The van der Waals surface area contributed by atoms with Gasteiger partial charge in [0.05, 0.1) is 18.9 Å². The second-order valence-corrected chi connectivity index (χ2v) is 6.64. The van der Waals surface area contributed by atoms with E-state index >= 15 is 0 Å². The van der Waals surface area contributed by atoms with E-state index < -0.39 is 11.7 Å². The molecule has 1 saturated carbocycles. The first-order chi connectivity index (χ1) is 10.4. The molecule has 1 aliphatic carbocycles. The Labute approximate surface area is 132 Å². The Bertz CT molecular complexity index is 469. The first-order valence-corrected chi connectivity index (χ1v) is 8.08. The van der Waals surface area contributed by atoms with Gasteiger partial charge in [-0.2, -0.15) is 0 Å². The number of hydrogen-bond donors (Lipinski definition) is 2. The highest BCUT2D eigenvalue weighted by atomic mass is 16.5. The van der Waals surface area contributed by atoms with Gasteiger partial charge in [0.15, 0.2) is 0 Å². The Morgan fingerprint density at radius 3 is 3.00 bits per heavy atom. The summed E-state index contributed by atoms with van der Waals surface area (Å²) in [7, 11) is 0. The second kappa shape index (κ2) is 7.29. The molecular weight excluding hydrogens is 282 g/mol. The van der Waals surface area contributed by atoms with Crippen molar-refractivity contribution in [3.05, 3.63) is 24.2 Å². The van der Waals surface area contributed by atoms with Crippen LogP contribution in [0.5, 0.6) is 0 Å². The van der Waals surface area contributed by atoms with E-state index in [4.69, 9.17) is 9.15 Å². The monoisotopic (exact) mass is 309 g/mol. The predicted molar refractivity (Wildman–Crippen MR) is 83.3 cm³/mol. The van der Waals surface area contributed by atoms with Crippen LogP contribution in [-0.4, -0.2) is 29.8 Å². The van der Waals surface area contributed by atoms with E-state index in [2.05, 4.69) is 12.2 Å². The molecule has 0 aromatic carbocycles. The molecule has 0 spiro atoms. The van der Waals surface area contributed by atoms with E-state index in [0.717, 1.165) is 19.3 Å². The molecule has 5 heteroatoms. The molecule has 0 radical (unpaired) electrons. The normalized spacial score (nSPS) is 26.2. The maximum absolute atomic E-state index is 12.1. The summed E-state index contributed by atoms with van der Waals surface area (Å²) in [5, 5.41) is 13.1. The number of carbonyl (C=O) groups is 1. The van der Waals surface area contributed by atoms with Gasteiger partial charge >= 0.3 is 0 Å². The van der Waals surface area contributed by atoms with Crippen LogP contribution in [0.1, 0.15) is 52.2 Å². The zero-order chi connectivity index (χ0) is 16.2. The lowest BCUT2D eigenvalue weighted by molar-refractivity contribution is -0.138. The summed E-state index contributed by atoms with van der Waals surface area (Å²) in [6.45, 7) is 5.69. The summed E-state index contributed by atoms with van der Waals surface area (Å²) in [6, 6.07) is 3.40. The van der Waals surface area contributed by atoms with E-state index in [-0.39, 0.29) is 18.6 Å². The zero-order valence-corrected chi connectivity index (χ0v) is 13.7. The molecule has 0 bridgehead atoms. The average Bonchev–Trinajstić information content (AvgIpc) is 3.00. The maximum atomic E-state index is 12.1. The number of carbonyl (C=O) groups excluding carboxylic acids is 1. The van der Waals surface area contributed by atoms with Gasteiger partial charge in [0, 0.05) is 0 Å². The molecule has 124 valence electrons. The molecule has 1 aromatic rings. The van der Waals surface area contributed by atoms with E-state index in [1.54, 1.807) is 26.0 Å². The lowest BCUT2D eigenvalue weighted by Crippen LogP contribution is -2.44. The summed E-state index contributed by atoms with van der Waals surface area (Å²) in [6.07, 6.45) is 5.59. The van der Waals surface area contributed by atoms with Crippen LogP contribution in [0.4, 0.5) is 0 Å². The highest BCUT2D eigenvalue weighted by Crippen LogP contribution is 2.26. The number of furan rings is 1. The van der Waals surface area contributed by atoms with Gasteiger partial charge in [-0.15, -0.1) is 0 Å². The highest BCUT2D eigenvalue weighted by Gasteiger charge is 2.29. The number of rotatable bonds is 6. The van der Waals surface area contributed by atoms with Crippen molar-refractivity contribution in [2.24, 2.45) is 5.92 Å². The zero-order valence-electron chi connectivity index (χ0n) is 13.7. The van der Waals surface area contributed by atoms with E-state index in [0.29, 0.717) is 11.7 Å². The molecule has 1 heterocycles. The molecule has 1 aliphatic rings. The summed E-state index contributed by atoms with van der Waals surface area (Å²) in [5.74, 6) is 0.890. The summed E-state index contributed by atoms with van der Waals surface area (Å²) < 4.78 is 11.1. The molecule has 0 aliphatic heterocycles. The molecule has 2 rings (SSSR count). The molecule has 2 N–H and O–H groups in total. The van der Waals surface area contributed by atoms with Crippen molar-refractivity contribution in [3.8, 4) is 0 Å². The minimum atomic E-state index is -1.22. The third kappa shape index (κ3) is 4.58. The molecule has 1 fully saturated rings. The Hall–Kier alpha value is -1.33. The predicted octanol–water partition coefficient (Wildman–Crippen LogP) is 2.59. The first-order valence-electron chi connectivity index (χ1n) is 8.08. The van der Waals surface area contributed by atoms with Crippen molar-refractivity contribution in [1.29, 1.82) is 0 Å². The largest absolute Gasteiger partial charge is 0.466 e. The van der Waals surface area contributed by atoms with Crippen LogP contribution in [0.15, 0.2) is 22.8 Å². The topological polar surface area (TPSA) is 71.7 Å². The van der Waals surface area contributed by atoms with Crippen LogP contribution >= 0.6 is 0 Å². The van der Waals surface area contributed by atoms with E-state index in [1.165, 1.54) is 12.7 Å². The molecular formula is C17H27NO4. The van der Waals surface area contributed by atoms with E-state index in [9.17, 15) is 9.90 Å². The molecule has 1 amide bonds. The molecule has 4 atom stereocenters. The molecule has 0 saturated heterocycles. The van der Waals surface area contributed by atoms with Crippen molar-refractivity contribution in [2.45, 2.75) is 64.3 Å². The van der Waals surface area contributed by atoms with Crippen LogP contribution in [-0.2, 0) is 15.1 Å². The van der Waals surface area contributed by atoms with Crippen LogP contribution < -0.4 is 5.32 Å². The lowest BCUT2D eigenvalue weighted by Gasteiger charge is -2.29. The highest BCUT2D eigenvalue weighted by molar-refractivity contribution is 5.80. The number of aliphatic hydroxyl groups is 1. The van der Waals surface area contributed by atoms with Crippen molar-refractivity contribution in [3.63, 3.8) is 0 Å². The standard InChI is InChI=1S/C17H27NO4/c1-12-6-4-7-14(10-12)22-13(2)16(19)18-11-17(3,20)15-8-5-9-21-15/h5,8-9,12-14,20H,4,6-7,10-11H2,1-3H3,(H,18,19). The molecule has 1 aromatic heterocycles. The van der Waals surface area contributed by atoms with Gasteiger partial charge in [-0.1, -0.05) is 19.8 Å². The lowest BCUT2D eigenvalue weighted by atomic mass is 9.88. The van der Waals surface area contributed by atoms with Crippen LogP contribution in [0, 0.1) is 5.92 Å². The third-order valence-corrected chi connectivity index (χ3v) is 4.31. The summed E-state index contributed by atoms with van der Waals surface area (Å²) >= 11 is 0. The Morgan fingerprint density at radius 2 is 2.36 bits per heavy atom. The Morgan fingerprint density at radius 1 is 1.59 bits per heavy atom. The fourth-order valence-electron chi connectivity index (χ4n) is 2.93. The van der Waals surface area contributed by atoms with Crippen LogP contribution in [0.3, 0.4) is 0 Å². The van der Waals surface area contributed by atoms with Crippen molar-refractivity contribution >= 4 is 5.91 Å². The van der Waals surface area contributed by atoms with Gasteiger partial charge in [-0.3, -0.25) is 4.79 Å². The Balaban J connectivity index is 1.79. The smallest absolute Gasteiger partial charge is 0.248 e. The second-order valence-electron chi connectivity index (χ2n) is 6.64. The van der Waals surface area contributed by atoms with Gasteiger partial charge in [0.25, 0.3) is 0 Å². The third-order valence-electron chi connectivity index (χ3n) is 4.31. The SMILES string of the molecule is CC1CCCC(OC(C)C(=O)NCC(C)(O)c2ccco2)C1. The Kier molecular flexibility index (Phi) is 5.64. The quantitative estimate of drug-likeness (QED) is 0.847. The minimum absolute atomic E-state index is 0.0914. The van der Waals surface area contributed by atoms with Crippen molar-refractivity contribution in [2.75, 3.05) is 6.54 Å². The fourth-order valence-corrected chi connectivity index (χ4v) is 2.93. The molecule has 22 heavy (non-hydrogen) atoms. The van der Waals surface area contributed by atoms with Crippen molar-refractivity contribution < 1.29 is 19.1 Å². The van der Waals surface area contributed by atoms with Crippen molar-refractivity contribution in [1.82, 2.24) is 5.32 Å². The van der Waals surface area contributed by atoms with Gasteiger partial charge in [-0.25, -0.2) is 0 Å². The summed E-state index contributed by atoms with van der Waals surface area (Å²) in [5.41, 5.74) is -1.22. The van der Waals surface area contributed by atoms with Gasteiger partial charge in [0.1, 0.15) is 17.5 Å². The molecule has 4 unspecified atom stereocenters. The van der Waals surface area contributed by atoms with Gasteiger partial charge in [0.2, 0.25) is 5.91 Å². The van der Waals surface area contributed by atoms with Crippen LogP contribution in [0.25, 0.3) is 0 Å². The van der Waals surface area contributed by atoms with Gasteiger partial charge < -0.3 is 19.6 Å². The first kappa shape index (κ1) is 17.0. The summed E-state index contributed by atoms with van der Waals surface area (Å²) in [4.78, 5) is 12.1. The average molecular weight is 309 g/mol. The van der Waals surface area contributed by atoms with E-state index in [1.807, 2.05) is 0 Å². The fraction of sp³-hybridized carbons (Fsp3) is 0.706. The minimum Gasteiger partial charge on any atom is -0.466 e. The number of amides is 1.